The molecule has 0 fully saturated rings. The van der Waals surface area contributed by atoms with Crippen LogP contribution >= 0.6 is 0 Å². The van der Waals surface area contributed by atoms with Crippen LogP contribution in [0.2, 0.25) is 0 Å². The van der Waals surface area contributed by atoms with Crippen LogP contribution in [0, 0.1) is 13.8 Å². The minimum absolute atomic E-state index is 0.182. The Balaban J connectivity index is 2.35. The molecule has 16 heavy (non-hydrogen) atoms. The van der Waals surface area contributed by atoms with E-state index in [1.54, 1.807) is 6.07 Å². The lowest BCUT2D eigenvalue weighted by molar-refractivity contribution is 0.408. The summed E-state index contributed by atoms with van der Waals surface area (Å²) < 4.78 is 5.64. The zero-order valence-corrected chi connectivity index (χ0v) is 9.40. The van der Waals surface area contributed by atoms with Gasteiger partial charge in [0.25, 0.3) is 0 Å². The molecule has 0 aliphatic heterocycles. The third-order valence-electron chi connectivity index (χ3n) is 2.36. The molecule has 0 aliphatic rings. The maximum Gasteiger partial charge on any atom is 0.171 e. The highest BCUT2D eigenvalue weighted by molar-refractivity contribution is 5.49. The average Bonchev–Trinajstić information content (AvgIpc) is 2.25. The molecule has 0 aliphatic carbocycles. The van der Waals surface area contributed by atoms with Gasteiger partial charge in [0.15, 0.2) is 11.5 Å². The lowest BCUT2D eigenvalue weighted by Crippen LogP contribution is -1.89. The van der Waals surface area contributed by atoms with Crippen molar-refractivity contribution in [1.29, 1.82) is 0 Å². The molecule has 0 heterocycles. The molecule has 0 radical (unpaired) electrons. The molecule has 0 atom stereocenters. The summed E-state index contributed by atoms with van der Waals surface area (Å²) in [5.41, 5.74) is 1.96. The smallest absolute Gasteiger partial charge is 0.171 e. The molecule has 0 bridgehead atoms. The van der Waals surface area contributed by atoms with Crippen LogP contribution in [0.25, 0.3) is 0 Å². The molecule has 0 amide bonds. The van der Waals surface area contributed by atoms with E-state index in [1.807, 2.05) is 50.2 Å². The monoisotopic (exact) mass is 214 g/mol. The van der Waals surface area contributed by atoms with E-state index in [1.165, 1.54) is 0 Å². The summed E-state index contributed by atoms with van der Waals surface area (Å²) >= 11 is 0. The van der Waals surface area contributed by atoms with E-state index in [9.17, 15) is 5.11 Å². The van der Waals surface area contributed by atoms with E-state index in [0.717, 1.165) is 16.9 Å². The SMILES string of the molecule is Cc1cc(C)c(Oc2ccccc2)c(O)c1. The second kappa shape index (κ2) is 4.27. The van der Waals surface area contributed by atoms with Crippen molar-refractivity contribution >= 4 is 0 Å². The van der Waals surface area contributed by atoms with Gasteiger partial charge in [0, 0.05) is 0 Å². The van der Waals surface area contributed by atoms with Gasteiger partial charge < -0.3 is 9.84 Å². The highest BCUT2D eigenvalue weighted by atomic mass is 16.5. The average molecular weight is 214 g/mol. The van der Waals surface area contributed by atoms with Gasteiger partial charge in [-0.1, -0.05) is 24.3 Å². The van der Waals surface area contributed by atoms with Crippen LogP contribution in [0.4, 0.5) is 0 Å². The standard InChI is InChI=1S/C14H14O2/c1-10-8-11(2)14(13(15)9-10)16-12-6-4-3-5-7-12/h3-9,15H,1-2H3. The minimum atomic E-state index is 0.182. The molecular weight excluding hydrogens is 200 g/mol. The number of hydrogen-bond donors (Lipinski definition) is 1. The fraction of sp³-hybridized carbons (Fsp3) is 0.143. The van der Waals surface area contributed by atoms with E-state index in [4.69, 9.17) is 4.74 Å². The molecule has 1 N–H and O–H groups in total. The van der Waals surface area contributed by atoms with Gasteiger partial charge in [-0.15, -0.1) is 0 Å². The highest BCUT2D eigenvalue weighted by Gasteiger charge is 2.08. The topological polar surface area (TPSA) is 29.5 Å². The second-order valence-corrected chi connectivity index (χ2v) is 3.85. The first-order valence-electron chi connectivity index (χ1n) is 5.20. The maximum atomic E-state index is 9.81. The van der Waals surface area contributed by atoms with Crippen LogP contribution in [0.15, 0.2) is 42.5 Å². The Morgan fingerprint density at radius 2 is 1.69 bits per heavy atom. The quantitative estimate of drug-likeness (QED) is 0.823. The van der Waals surface area contributed by atoms with Crippen molar-refractivity contribution in [3.8, 4) is 17.2 Å². The zero-order valence-electron chi connectivity index (χ0n) is 9.40. The van der Waals surface area contributed by atoms with Crippen LogP contribution in [0.3, 0.4) is 0 Å². The minimum Gasteiger partial charge on any atom is -0.504 e. The fourth-order valence-corrected chi connectivity index (χ4v) is 1.67. The number of aromatic hydroxyl groups is 1. The molecule has 0 aromatic heterocycles. The van der Waals surface area contributed by atoms with Crippen molar-refractivity contribution in [3.63, 3.8) is 0 Å². The Labute approximate surface area is 95.1 Å². The predicted molar refractivity (Wildman–Crippen MR) is 64.1 cm³/mol. The third-order valence-corrected chi connectivity index (χ3v) is 2.36. The number of benzene rings is 2. The summed E-state index contributed by atoms with van der Waals surface area (Å²) in [6, 6.07) is 13.1. The molecule has 0 unspecified atom stereocenters. The van der Waals surface area contributed by atoms with Gasteiger partial charge in [-0.2, -0.15) is 0 Å². The molecule has 2 nitrogen and oxygen atoms in total. The van der Waals surface area contributed by atoms with Crippen molar-refractivity contribution in [1.82, 2.24) is 0 Å². The number of ether oxygens (including phenoxy) is 1. The number of phenols is 1. The van der Waals surface area contributed by atoms with E-state index < -0.39 is 0 Å². The Morgan fingerprint density at radius 1 is 1.00 bits per heavy atom. The zero-order chi connectivity index (χ0) is 11.5. The van der Waals surface area contributed by atoms with Gasteiger partial charge in [0.1, 0.15) is 5.75 Å². The number of para-hydroxylation sites is 1. The number of rotatable bonds is 2. The van der Waals surface area contributed by atoms with Gasteiger partial charge in [-0.05, 0) is 43.2 Å². The van der Waals surface area contributed by atoms with E-state index in [0.29, 0.717) is 5.75 Å². The van der Waals surface area contributed by atoms with Gasteiger partial charge in [0.2, 0.25) is 0 Å². The fourth-order valence-electron chi connectivity index (χ4n) is 1.67. The van der Waals surface area contributed by atoms with E-state index in [2.05, 4.69) is 0 Å². The van der Waals surface area contributed by atoms with Crippen LogP contribution < -0.4 is 4.74 Å². The summed E-state index contributed by atoms with van der Waals surface area (Å²) in [5.74, 6) is 1.43. The van der Waals surface area contributed by atoms with E-state index >= 15 is 0 Å². The Bertz CT molecular complexity index is 466. The second-order valence-electron chi connectivity index (χ2n) is 3.85. The maximum absolute atomic E-state index is 9.81. The third kappa shape index (κ3) is 2.16. The summed E-state index contributed by atoms with van der Waals surface area (Å²) in [6.07, 6.45) is 0. The molecule has 2 heteroatoms. The first-order chi connectivity index (χ1) is 7.66. The molecule has 82 valence electrons. The van der Waals surface area contributed by atoms with Crippen molar-refractivity contribution in [3.05, 3.63) is 53.6 Å². The molecule has 2 rings (SSSR count). The van der Waals surface area contributed by atoms with Crippen molar-refractivity contribution < 1.29 is 9.84 Å². The van der Waals surface area contributed by atoms with Gasteiger partial charge in [-0.25, -0.2) is 0 Å². The molecule has 0 saturated heterocycles. The number of phenolic OH excluding ortho intramolecular Hbond substituents is 1. The van der Waals surface area contributed by atoms with Crippen molar-refractivity contribution in [2.45, 2.75) is 13.8 Å². The Hall–Kier alpha value is -1.96. The molecule has 2 aromatic carbocycles. The number of hydrogen-bond acceptors (Lipinski definition) is 2. The van der Waals surface area contributed by atoms with Gasteiger partial charge >= 0.3 is 0 Å². The lowest BCUT2D eigenvalue weighted by atomic mass is 10.1. The Kier molecular flexibility index (Phi) is 2.82. The first-order valence-corrected chi connectivity index (χ1v) is 5.20. The Morgan fingerprint density at radius 3 is 2.31 bits per heavy atom. The molecular formula is C14H14O2. The molecule has 0 saturated carbocycles. The molecule has 0 spiro atoms. The lowest BCUT2D eigenvalue weighted by Gasteiger charge is -2.11. The van der Waals surface area contributed by atoms with E-state index in [-0.39, 0.29) is 5.75 Å². The number of aryl methyl sites for hydroxylation is 2. The van der Waals surface area contributed by atoms with Crippen LogP contribution in [-0.4, -0.2) is 5.11 Å². The summed E-state index contributed by atoms with van der Waals surface area (Å²) in [7, 11) is 0. The molecule has 2 aromatic rings. The normalized spacial score (nSPS) is 10.1. The predicted octanol–water partition coefficient (Wildman–Crippen LogP) is 3.80. The van der Waals surface area contributed by atoms with Gasteiger partial charge in [-0.3, -0.25) is 0 Å². The van der Waals surface area contributed by atoms with Gasteiger partial charge in [0.05, 0.1) is 0 Å². The van der Waals surface area contributed by atoms with Crippen LogP contribution in [0.5, 0.6) is 17.2 Å². The largest absolute Gasteiger partial charge is 0.504 e. The summed E-state index contributed by atoms with van der Waals surface area (Å²) in [4.78, 5) is 0. The van der Waals surface area contributed by atoms with Crippen molar-refractivity contribution in [2.24, 2.45) is 0 Å². The summed E-state index contributed by atoms with van der Waals surface area (Å²) in [5, 5.41) is 9.81. The first kappa shape index (κ1) is 10.6. The van der Waals surface area contributed by atoms with Crippen molar-refractivity contribution in [2.75, 3.05) is 0 Å². The van der Waals surface area contributed by atoms with Crippen LogP contribution in [0.1, 0.15) is 11.1 Å². The summed E-state index contributed by atoms with van der Waals surface area (Å²) in [6.45, 7) is 3.87. The van der Waals surface area contributed by atoms with Crippen LogP contribution in [-0.2, 0) is 0 Å². The highest BCUT2D eigenvalue weighted by Crippen LogP contribution is 2.34.